The minimum absolute atomic E-state index is 0.190. The molecule has 1 saturated carbocycles. The summed E-state index contributed by atoms with van der Waals surface area (Å²) in [7, 11) is 1.60. The van der Waals surface area contributed by atoms with E-state index >= 15 is 0 Å². The second-order valence-corrected chi connectivity index (χ2v) is 6.45. The standard InChI is InChI=1S/C18H22N2O3/c1-20-15(11-13-7-3-4-8-14(13)17(20)22)16(21)19-12-18(23)9-5-2-6-10-18/h3-4,7-8,11,23H,2,5-6,9-10,12H2,1H3,(H,19,21). The van der Waals surface area contributed by atoms with E-state index in [4.69, 9.17) is 0 Å². The molecule has 1 amide bonds. The average molecular weight is 314 g/mol. The summed E-state index contributed by atoms with van der Waals surface area (Å²) in [6.07, 6.45) is 4.53. The van der Waals surface area contributed by atoms with Gasteiger partial charge in [0.2, 0.25) is 0 Å². The van der Waals surface area contributed by atoms with Gasteiger partial charge in [-0.1, -0.05) is 37.5 Å². The van der Waals surface area contributed by atoms with Crippen LogP contribution in [0.5, 0.6) is 0 Å². The molecule has 23 heavy (non-hydrogen) atoms. The van der Waals surface area contributed by atoms with Crippen molar-refractivity contribution in [3.8, 4) is 0 Å². The first-order valence-corrected chi connectivity index (χ1v) is 8.10. The first-order chi connectivity index (χ1) is 11.0. The fourth-order valence-electron chi connectivity index (χ4n) is 3.29. The lowest BCUT2D eigenvalue weighted by Crippen LogP contribution is -2.45. The number of nitrogens with zero attached hydrogens (tertiary/aromatic N) is 1. The van der Waals surface area contributed by atoms with Crippen LogP contribution in [0.4, 0.5) is 0 Å². The summed E-state index contributed by atoms with van der Waals surface area (Å²) in [6.45, 7) is 0.229. The number of benzene rings is 1. The number of aliphatic hydroxyl groups is 1. The van der Waals surface area contributed by atoms with Crippen LogP contribution in [0.3, 0.4) is 0 Å². The fraction of sp³-hybridized carbons (Fsp3) is 0.444. The number of carbonyl (C=O) groups is 1. The number of fused-ring (bicyclic) bond motifs is 1. The molecule has 1 aliphatic carbocycles. The number of pyridine rings is 1. The zero-order valence-electron chi connectivity index (χ0n) is 13.3. The maximum absolute atomic E-state index is 12.5. The van der Waals surface area contributed by atoms with Crippen LogP contribution in [0.2, 0.25) is 0 Å². The zero-order valence-corrected chi connectivity index (χ0v) is 13.3. The Hall–Kier alpha value is -2.14. The number of hydrogen-bond acceptors (Lipinski definition) is 3. The van der Waals surface area contributed by atoms with E-state index in [1.165, 1.54) is 4.57 Å². The van der Waals surface area contributed by atoms with Crippen molar-refractivity contribution in [1.82, 2.24) is 9.88 Å². The number of amides is 1. The van der Waals surface area contributed by atoms with Crippen molar-refractivity contribution in [3.05, 3.63) is 46.4 Å². The maximum atomic E-state index is 12.5. The third kappa shape index (κ3) is 3.15. The molecule has 0 atom stereocenters. The van der Waals surface area contributed by atoms with Crippen molar-refractivity contribution in [2.24, 2.45) is 7.05 Å². The first kappa shape index (κ1) is 15.7. The predicted octanol–water partition coefficient (Wildman–Crippen LogP) is 1.96. The summed E-state index contributed by atoms with van der Waals surface area (Å²) in [4.78, 5) is 24.8. The Labute approximate surface area is 134 Å². The minimum atomic E-state index is -0.816. The van der Waals surface area contributed by atoms with Gasteiger partial charge in [0.05, 0.1) is 5.60 Å². The third-order valence-corrected chi connectivity index (χ3v) is 4.74. The molecule has 3 rings (SSSR count). The van der Waals surface area contributed by atoms with Crippen molar-refractivity contribution in [2.75, 3.05) is 6.54 Å². The van der Waals surface area contributed by atoms with E-state index in [-0.39, 0.29) is 18.0 Å². The summed E-state index contributed by atoms with van der Waals surface area (Å²) < 4.78 is 1.36. The van der Waals surface area contributed by atoms with Crippen LogP contribution in [0.1, 0.15) is 42.6 Å². The second kappa shape index (κ2) is 6.16. The summed E-state index contributed by atoms with van der Waals surface area (Å²) in [6, 6.07) is 8.94. The first-order valence-electron chi connectivity index (χ1n) is 8.10. The van der Waals surface area contributed by atoms with Gasteiger partial charge in [-0.3, -0.25) is 9.59 Å². The lowest BCUT2D eigenvalue weighted by molar-refractivity contribution is 0.00517. The summed E-state index contributed by atoms with van der Waals surface area (Å²) in [5, 5.41) is 14.6. The molecular formula is C18H22N2O3. The Morgan fingerprint density at radius 2 is 1.96 bits per heavy atom. The summed E-state index contributed by atoms with van der Waals surface area (Å²) in [5.41, 5.74) is -0.693. The number of nitrogens with one attached hydrogen (secondary N) is 1. The molecule has 0 unspecified atom stereocenters. The van der Waals surface area contributed by atoms with E-state index in [2.05, 4.69) is 5.32 Å². The summed E-state index contributed by atoms with van der Waals surface area (Å²) >= 11 is 0. The van der Waals surface area contributed by atoms with Crippen LogP contribution in [0.25, 0.3) is 10.8 Å². The Morgan fingerprint density at radius 1 is 1.26 bits per heavy atom. The fourth-order valence-corrected chi connectivity index (χ4v) is 3.29. The van der Waals surface area contributed by atoms with Gasteiger partial charge in [0.15, 0.2) is 0 Å². The quantitative estimate of drug-likeness (QED) is 0.910. The molecule has 2 aromatic rings. The van der Waals surface area contributed by atoms with Gasteiger partial charge in [0.1, 0.15) is 5.69 Å². The van der Waals surface area contributed by atoms with Crippen LogP contribution < -0.4 is 10.9 Å². The van der Waals surface area contributed by atoms with Crippen LogP contribution in [-0.4, -0.2) is 27.7 Å². The van der Waals surface area contributed by atoms with Crippen molar-refractivity contribution >= 4 is 16.7 Å². The van der Waals surface area contributed by atoms with Gasteiger partial charge >= 0.3 is 0 Å². The Morgan fingerprint density at radius 3 is 2.70 bits per heavy atom. The molecule has 2 N–H and O–H groups in total. The highest BCUT2D eigenvalue weighted by molar-refractivity contribution is 5.96. The van der Waals surface area contributed by atoms with Crippen LogP contribution in [0.15, 0.2) is 35.1 Å². The third-order valence-electron chi connectivity index (χ3n) is 4.74. The molecule has 1 aromatic heterocycles. The van der Waals surface area contributed by atoms with E-state index in [1.807, 2.05) is 18.2 Å². The maximum Gasteiger partial charge on any atom is 0.268 e. The number of rotatable bonds is 3. The molecule has 122 valence electrons. The van der Waals surface area contributed by atoms with E-state index in [1.54, 1.807) is 19.2 Å². The number of aromatic nitrogens is 1. The normalized spacial score (nSPS) is 17.1. The van der Waals surface area contributed by atoms with Crippen LogP contribution in [-0.2, 0) is 7.05 Å². The Bertz CT molecular complexity index is 788. The molecule has 0 saturated heterocycles. The highest BCUT2D eigenvalue weighted by Crippen LogP contribution is 2.27. The molecule has 5 heteroatoms. The number of carbonyl (C=O) groups excluding carboxylic acids is 1. The number of hydrogen-bond donors (Lipinski definition) is 2. The van der Waals surface area contributed by atoms with E-state index < -0.39 is 5.60 Å². The van der Waals surface area contributed by atoms with Crippen molar-refractivity contribution in [3.63, 3.8) is 0 Å². The van der Waals surface area contributed by atoms with E-state index in [0.29, 0.717) is 23.9 Å². The largest absolute Gasteiger partial charge is 0.388 e. The van der Waals surface area contributed by atoms with Gasteiger partial charge in [-0.25, -0.2) is 0 Å². The van der Waals surface area contributed by atoms with Crippen molar-refractivity contribution in [2.45, 2.75) is 37.7 Å². The molecule has 5 nitrogen and oxygen atoms in total. The lowest BCUT2D eigenvalue weighted by atomic mass is 9.85. The van der Waals surface area contributed by atoms with E-state index in [9.17, 15) is 14.7 Å². The van der Waals surface area contributed by atoms with Gasteiger partial charge < -0.3 is 15.0 Å². The Kier molecular flexibility index (Phi) is 4.22. The average Bonchev–Trinajstić information content (AvgIpc) is 2.57. The van der Waals surface area contributed by atoms with E-state index in [0.717, 1.165) is 24.6 Å². The van der Waals surface area contributed by atoms with Crippen molar-refractivity contribution in [1.29, 1.82) is 0 Å². The smallest absolute Gasteiger partial charge is 0.268 e. The van der Waals surface area contributed by atoms with Gasteiger partial charge in [-0.05, 0) is 30.4 Å². The summed E-state index contributed by atoms with van der Waals surface area (Å²) in [5.74, 6) is -0.325. The molecule has 0 bridgehead atoms. The van der Waals surface area contributed by atoms with Crippen LogP contribution >= 0.6 is 0 Å². The topological polar surface area (TPSA) is 71.3 Å². The molecule has 1 aromatic carbocycles. The molecule has 1 fully saturated rings. The highest BCUT2D eigenvalue weighted by Gasteiger charge is 2.29. The molecule has 0 aliphatic heterocycles. The SMILES string of the molecule is Cn1c(C(=O)NCC2(O)CCCCC2)cc2ccccc2c1=O. The van der Waals surface area contributed by atoms with Gasteiger partial charge in [-0.2, -0.15) is 0 Å². The van der Waals surface area contributed by atoms with Gasteiger partial charge in [0, 0.05) is 19.0 Å². The monoisotopic (exact) mass is 314 g/mol. The predicted molar refractivity (Wildman–Crippen MR) is 89.6 cm³/mol. The highest BCUT2D eigenvalue weighted by atomic mass is 16.3. The van der Waals surface area contributed by atoms with Gasteiger partial charge in [0.25, 0.3) is 11.5 Å². The molecular weight excluding hydrogens is 292 g/mol. The zero-order chi connectivity index (χ0) is 16.4. The lowest BCUT2D eigenvalue weighted by Gasteiger charge is -2.32. The van der Waals surface area contributed by atoms with Gasteiger partial charge in [-0.15, -0.1) is 0 Å². The molecule has 1 heterocycles. The Balaban J connectivity index is 1.83. The second-order valence-electron chi connectivity index (χ2n) is 6.45. The van der Waals surface area contributed by atoms with Crippen LogP contribution in [0, 0.1) is 0 Å². The minimum Gasteiger partial charge on any atom is -0.388 e. The molecule has 1 aliphatic rings. The molecule has 0 radical (unpaired) electrons. The molecule has 0 spiro atoms. The van der Waals surface area contributed by atoms with Crippen molar-refractivity contribution < 1.29 is 9.90 Å².